The minimum Gasteiger partial charge on any atom is -0.508 e. The molecule has 2 saturated carbocycles. The third-order valence-corrected chi connectivity index (χ3v) is 8.19. The Kier molecular flexibility index (Phi) is 3.08. The Balaban J connectivity index is 1.84. The largest absolute Gasteiger partial charge is 0.508 e. The maximum Gasteiger partial charge on any atom is 0.116 e. The molecule has 0 spiro atoms. The molecule has 1 nitrogen and oxygen atoms in total. The predicted octanol–water partition coefficient (Wildman–Crippen LogP) is 5.76. The molecule has 4 unspecified atom stereocenters. The second kappa shape index (κ2) is 4.55. The summed E-state index contributed by atoms with van der Waals surface area (Å²) in [6.45, 7) is 12.3. The van der Waals surface area contributed by atoms with Crippen molar-refractivity contribution < 1.29 is 5.11 Å². The van der Waals surface area contributed by atoms with E-state index >= 15 is 0 Å². The number of fused-ring (bicyclic) bond motifs is 5. The lowest BCUT2D eigenvalue weighted by atomic mass is 9.43. The SMILES string of the molecule is Cc1cc(O)cc2c1C1(C)CCC3C(C)(C)CCCC3(C)C1C2. The molecule has 0 heterocycles. The first-order valence-electron chi connectivity index (χ1n) is 9.51. The van der Waals surface area contributed by atoms with Gasteiger partial charge < -0.3 is 5.11 Å². The summed E-state index contributed by atoms with van der Waals surface area (Å²) in [4.78, 5) is 0. The first-order valence-corrected chi connectivity index (χ1v) is 9.51. The second-order valence-corrected chi connectivity index (χ2v) is 9.91. The van der Waals surface area contributed by atoms with Crippen LogP contribution in [0.2, 0.25) is 0 Å². The zero-order chi connectivity index (χ0) is 16.6. The van der Waals surface area contributed by atoms with Gasteiger partial charge in [-0.15, -0.1) is 0 Å². The Morgan fingerprint density at radius 2 is 1.74 bits per heavy atom. The van der Waals surface area contributed by atoms with Crippen LogP contribution in [0.25, 0.3) is 0 Å². The maximum absolute atomic E-state index is 10.1. The lowest BCUT2D eigenvalue weighted by molar-refractivity contribution is -0.0983. The van der Waals surface area contributed by atoms with Crippen molar-refractivity contribution in [1.29, 1.82) is 0 Å². The van der Waals surface area contributed by atoms with Crippen LogP contribution >= 0.6 is 0 Å². The van der Waals surface area contributed by atoms with Gasteiger partial charge in [0.05, 0.1) is 0 Å². The Hall–Kier alpha value is -0.980. The molecule has 1 heteroatoms. The summed E-state index contributed by atoms with van der Waals surface area (Å²) < 4.78 is 0. The molecule has 0 radical (unpaired) electrons. The molecule has 0 amide bonds. The van der Waals surface area contributed by atoms with Gasteiger partial charge in [0.15, 0.2) is 0 Å². The summed E-state index contributed by atoms with van der Waals surface area (Å²) in [5.41, 5.74) is 5.56. The summed E-state index contributed by atoms with van der Waals surface area (Å²) in [6, 6.07) is 4.03. The van der Waals surface area contributed by atoms with Crippen molar-refractivity contribution >= 4 is 0 Å². The van der Waals surface area contributed by atoms with Crippen LogP contribution in [0.15, 0.2) is 12.1 Å². The van der Waals surface area contributed by atoms with Crippen molar-refractivity contribution in [3.63, 3.8) is 0 Å². The third-order valence-electron chi connectivity index (χ3n) is 8.19. The zero-order valence-corrected chi connectivity index (χ0v) is 15.5. The average Bonchev–Trinajstić information content (AvgIpc) is 2.71. The van der Waals surface area contributed by atoms with Crippen LogP contribution in [0.1, 0.15) is 76.5 Å². The highest BCUT2D eigenvalue weighted by Crippen LogP contribution is 2.67. The van der Waals surface area contributed by atoms with Crippen LogP contribution in [-0.4, -0.2) is 5.11 Å². The molecule has 126 valence electrons. The summed E-state index contributed by atoms with van der Waals surface area (Å²) in [5.74, 6) is 2.04. The molecule has 3 aliphatic rings. The molecular formula is C22H32O. The topological polar surface area (TPSA) is 20.2 Å². The van der Waals surface area contributed by atoms with Crippen LogP contribution in [0.4, 0.5) is 0 Å². The number of hydrogen-bond donors (Lipinski definition) is 1. The third kappa shape index (κ3) is 1.91. The number of phenols is 1. The van der Waals surface area contributed by atoms with Crippen molar-refractivity contribution in [2.45, 2.75) is 78.6 Å². The predicted molar refractivity (Wildman–Crippen MR) is 95.9 cm³/mol. The molecule has 1 N–H and O–H groups in total. The van der Waals surface area contributed by atoms with Gasteiger partial charge >= 0.3 is 0 Å². The van der Waals surface area contributed by atoms with E-state index in [2.05, 4.69) is 40.7 Å². The zero-order valence-electron chi connectivity index (χ0n) is 15.5. The second-order valence-electron chi connectivity index (χ2n) is 9.91. The van der Waals surface area contributed by atoms with Gasteiger partial charge in [-0.05, 0) is 95.9 Å². The van der Waals surface area contributed by atoms with Gasteiger partial charge in [0, 0.05) is 0 Å². The summed E-state index contributed by atoms with van der Waals surface area (Å²) in [7, 11) is 0. The van der Waals surface area contributed by atoms with Gasteiger partial charge in [0.1, 0.15) is 5.75 Å². The highest BCUT2D eigenvalue weighted by Gasteiger charge is 2.61. The van der Waals surface area contributed by atoms with Crippen LogP contribution in [-0.2, 0) is 11.8 Å². The van der Waals surface area contributed by atoms with Crippen molar-refractivity contribution in [2.75, 3.05) is 0 Å². The lowest BCUT2D eigenvalue weighted by Crippen LogP contribution is -2.55. The fourth-order valence-corrected chi connectivity index (χ4v) is 7.45. The summed E-state index contributed by atoms with van der Waals surface area (Å²) >= 11 is 0. The summed E-state index contributed by atoms with van der Waals surface area (Å²) in [5, 5.41) is 10.1. The Labute approximate surface area is 141 Å². The molecule has 0 aliphatic heterocycles. The van der Waals surface area contributed by atoms with Gasteiger partial charge in [-0.1, -0.05) is 34.1 Å². The van der Waals surface area contributed by atoms with E-state index in [0.717, 1.165) is 11.8 Å². The normalized spacial score (nSPS) is 41.1. The average molecular weight is 312 g/mol. The lowest BCUT2D eigenvalue weighted by Gasteiger charge is -2.61. The van der Waals surface area contributed by atoms with Gasteiger partial charge in [-0.25, -0.2) is 0 Å². The van der Waals surface area contributed by atoms with Crippen molar-refractivity contribution in [3.8, 4) is 5.75 Å². The molecule has 1 aromatic carbocycles. The number of benzene rings is 1. The number of hydrogen-bond acceptors (Lipinski definition) is 1. The number of aromatic hydroxyl groups is 1. The number of aryl methyl sites for hydroxylation is 1. The molecule has 23 heavy (non-hydrogen) atoms. The van der Waals surface area contributed by atoms with Crippen LogP contribution in [0, 0.1) is 29.6 Å². The smallest absolute Gasteiger partial charge is 0.116 e. The van der Waals surface area contributed by atoms with Gasteiger partial charge in [-0.2, -0.15) is 0 Å². The van der Waals surface area contributed by atoms with E-state index in [0.29, 0.717) is 22.0 Å². The Morgan fingerprint density at radius 1 is 1.00 bits per heavy atom. The highest BCUT2D eigenvalue weighted by molar-refractivity contribution is 5.50. The van der Waals surface area contributed by atoms with Crippen molar-refractivity contribution in [3.05, 3.63) is 28.8 Å². The van der Waals surface area contributed by atoms with Crippen LogP contribution < -0.4 is 0 Å². The van der Waals surface area contributed by atoms with E-state index in [4.69, 9.17) is 0 Å². The number of phenolic OH excluding ortho intramolecular Hbond substituents is 1. The standard InChI is InChI=1S/C22H32O/c1-14-11-16(23)12-15-13-18-21(4)9-6-8-20(2,3)17(21)7-10-22(18,5)19(14)15/h11-12,17-18,23H,6-10,13H2,1-5H3. The number of rotatable bonds is 0. The molecule has 0 saturated heterocycles. The van der Waals surface area contributed by atoms with E-state index in [1.54, 1.807) is 5.56 Å². The van der Waals surface area contributed by atoms with Gasteiger partial charge in [-0.3, -0.25) is 0 Å². The maximum atomic E-state index is 10.1. The van der Waals surface area contributed by atoms with Crippen LogP contribution in [0.5, 0.6) is 5.75 Å². The van der Waals surface area contributed by atoms with E-state index in [1.807, 2.05) is 6.07 Å². The molecule has 3 aliphatic carbocycles. The first kappa shape index (κ1) is 15.5. The van der Waals surface area contributed by atoms with Crippen molar-refractivity contribution in [2.24, 2.45) is 22.7 Å². The fraction of sp³-hybridized carbons (Fsp3) is 0.727. The summed E-state index contributed by atoms with van der Waals surface area (Å²) in [6.07, 6.45) is 8.03. The molecule has 4 atom stereocenters. The van der Waals surface area contributed by atoms with Crippen LogP contribution in [0.3, 0.4) is 0 Å². The molecule has 0 aromatic heterocycles. The van der Waals surface area contributed by atoms with E-state index in [1.165, 1.54) is 49.7 Å². The molecule has 2 fully saturated rings. The minimum absolute atomic E-state index is 0.311. The molecule has 1 aromatic rings. The Morgan fingerprint density at radius 3 is 2.48 bits per heavy atom. The molecule has 4 rings (SSSR count). The highest BCUT2D eigenvalue weighted by atomic mass is 16.3. The van der Waals surface area contributed by atoms with E-state index in [-0.39, 0.29) is 0 Å². The minimum atomic E-state index is 0.311. The fourth-order valence-electron chi connectivity index (χ4n) is 7.45. The van der Waals surface area contributed by atoms with E-state index in [9.17, 15) is 5.11 Å². The quantitative estimate of drug-likeness (QED) is 0.646. The monoisotopic (exact) mass is 312 g/mol. The Bertz CT molecular complexity index is 658. The van der Waals surface area contributed by atoms with Gasteiger partial charge in [0.25, 0.3) is 0 Å². The van der Waals surface area contributed by atoms with E-state index < -0.39 is 0 Å². The molecule has 0 bridgehead atoms. The van der Waals surface area contributed by atoms with Gasteiger partial charge in [0.2, 0.25) is 0 Å². The van der Waals surface area contributed by atoms with Crippen molar-refractivity contribution in [1.82, 2.24) is 0 Å². The first-order chi connectivity index (χ1) is 10.7. The molecular weight excluding hydrogens is 280 g/mol.